The third-order valence-electron chi connectivity index (χ3n) is 4.76. The molecule has 144 valence electrons. The Bertz CT molecular complexity index is 1310. The van der Waals surface area contributed by atoms with Gasteiger partial charge in [-0.05, 0) is 61.4 Å². The largest absolute Gasteiger partial charge is 0.507 e. The number of aryl methyl sites for hydroxylation is 2. The van der Waals surface area contributed by atoms with E-state index in [2.05, 4.69) is 9.97 Å². The highest BCUT2D eigenvalue weighted by atomic mass is 35.5. The fraction of sp³-hybridized carbons (Fsp3) is 0.0870. The van der Waals surface area contributed by atoms with E-state index in [1.54, 1.807) is 47.3 Å². The van der Waals surface area contributed by atoms with Crippen molar-refractivity contribution in [2.75, 3.05) is 0 Å². The minimum Gasteiger partial charge on any atom is -0.507 e. The number of aromatic nitrogens is 3. The van der Waals surface area contributed by atoms with Crippen LogP contribution in [0.1, 0.15) is 22.5 Å². The van der Waals surface area contributed by atoms with Gasteiger partial charge < -0.3 is 5.11 Å². The molecule has 0 spiro atoms. The second-order valence-corrected chi connectivity index (χ2v) is 7.22. The Morgan fingerprint density at radius 2 is 1.83 bits per heavy atom. The average Bonchev–Trinajstić information content (AvgIpc) is 2.70. The first-order valence-corrected chi connectivity index (χ1v) is 9.43. The fourth-order valence-electron chi connectivity index (χ4n) is 3.36. The molecule has 0 amide bonds. The third-order valence-corrected chi connectivity index (χ3v) is 5.00. The topological polar surface area (TPSA) is 68.0 Å². The van der Waals surface area contributed by atoms with Gasteiger partial charge in [-0.2, -0.15) is 0 Å². The van der Waals surface area contributed by atoms with Crippen LogP contribution < -0.4 is 5.56 Å². The quantitative estimate of drug-likeness (QED) is 0.526. The molecule has 5 nitrogen and oxygen atoms in total. The lowest BCUT2D eigenvalue weighted by Crippen LogP contribution is -2.24. The maximum atomic E-state index is 13.4. The first-order chi connectivity index (χ1) is 14.0. The van der Waals surface area contributed by atoms with Gasteiger partial charge in [0.1, 0.15) is 11.6 Å². The average molecular weight is 404 g/mol. The molecular formula is C23H18ClN3O2. The smallest absolute Gasteiger partial charge is 0.266 e. The number of pyridine rings is 1. The van der Waals surface area contributed by atoms with Crippen LogP contribution >= 0.6 is 11.6 Å². The van der Waals surface area contributed by atoms with Gasteiger partial charge in [-0.1, -0.05) is 29.8 Å². The van der Waals surface area contributed by atoms with Crippen molar-refractivity contribution in [2.24, 2.45) is 0 Å². The predicted octanol–water partition coefficient (Wildman–Crippen LogP) is 4.93. The van der Waals surface area contributed by atoms with E-state index in [4.69, 9.17) is 11.6 Å². The molecule has 0 radical (unpaired) electrons. The van der Waals surface area contributed by atoms with Crippen LogP contribution in [-0.4, -0.2) is 19.6 Å². The van der Waals surface area contributed by atoms with Crippen LogP contribution in [0.25, 0.3) is 28.7 Å². The molecule has 0 saturated carbocycles. The zero-order valence-electron chi connectivity index (χ0n) is 15.9. The fourth-order valence-corrected chi connectivity index (χ4v) is 3.54. The summed E-state index contributed by atoms with van der Waals surface area (Å²) in [5.41, 5.74) is 3.58. The number of benzene rings is 2. The molecule has 0 fully saturated rings. The van der Waals surface area contributed by atoms with Crippen molar-refractivity contribution >= 4 is 34.7 Å². The molecule has 2 aromatic heterocycles. The van der Waals surface area contributed by atoms with E-state index >= 15 is 0 Å². The lowest BCUT2D eigenvalue weighted by molar-refractivity contribution is 0.474. The number of para-hydroxylation sites is 1. The second-order valence-electron chi connectivity index (χ2n) is 6.78. The monoisotopic (exact) mass is 403 g/mol. The number of nitrogens with zero attached hydrogens (tertiary/aromatic N) is 3. The SMILES string of the molecule is Cc1cccc(C)c1-n1c(C=Cc2cc(Cl)ccc2O)nc2cnccc2c1=O. The molecule has 6 heteroatoms. The normalized spacial score (nSPS) is 11.4. The summed E-state index contributed by atoms with van der Waals surface area (Å²) in [5, 5.41) is 11.1. The second kappa shape index (κ2) is 7.53. The Kier molecular flexibility index (Phi) is 4.91. The minimum atomic E-state index is -0.176. The summed E-state index contributed by atoms with van der Waals surface area (Å²) >= 11 is 6.05. The molecule has 1 N–H and O–H groups in total. The van der Waals surface area contributed by atoms with Gasteiger partial charge in [0, 0.05) is 16.8 Å². The van der Waals surface area contributed by atoms with E-state index in [9.17, 15) is 9.90 Å². The van der Waals surface area contributed by atoms with Crippen molar-refractivity contribution in [3.63, 3.8) is 0 Å². The van der Waals surface area contributed by atoms with Crippen LogP contribution in [0.5, 0.6) is 5.75 Å². The number of rotatable bonds is 3. The molecule has 0 saturated heterocycles. The zero-order chi connectivity index (χ0) is 20.5. The van der Waals surface area contributed by atoms with Crippen LogP contribution in [0.3, 0.4) is 0 Å². The number of phenols is 1. The van der Waals surface area contributed by atoms with Crippen molar-refractivity contribution in [3.05, 3.63) is 92.7 Å². The summed E-state index contributed by atoms with van der Waals surface area (Å²) in [5.74, 6) is 0.529. The molecule has 2 heterocycles. The lowest BCUT2D eigenvalue weighted by Gasteiger charge is -2.16. The Balaban J connectivity index is 2.01. The van der Waals surface area contributed by atoms with E-state index in [1.807, 2.05) is 32.0 Å². The summed E-state index contributed by atoms with van der Waals surface area (Å²) in [6.07, 6.45) is 6.54. The Morgan fingerprint density at radius 1 is 1.07 bits per heavy atom. The molecule has 29 heavy (non-hydrogen) atoms. The lowest BCUT2D eigenvalue weighted by atomic mass is 10.1. The van der Waals surface area contributed by atoms with E-state index in [1.165, 1.54) is 6.07 Å². The van der Waals surface area contributed by atoms with Crippen molar-refractivity contribution in [2.45, 2.75) is 13.8 Å². The predicted molar refractivity (Wildman–Crippen MR) is 117 cm³/mol. The highest BCUT2D eigenvalue weighted by molar-refractivity contribution is 6.30. The number of fused-ring (bicyclic) bond motifs is 1. The molecule has 0 bridgehead atoms. The highest BCUT2D eigenvalue weighted by Gasteiger charge is 2.15. The highest BCUT2D eigenvalue weighted by Crippen LogP contribution is 2.25. The van der Waals surface area contributed by atoms with Gasteiger partial charge in [-0.15, -0.1) is 0 Å². The van der Waals surface area contributed by atoms with Crippen LogP contribution in [0.4, 0.5) is 0 Å². The molecule has 0 atom stereocenters. The molecule has 2 aromatic carbocycles. The van der Waals surface area contributed by atoms with E-state index < -0.39 is 0 Å². The van der Waals surface area contributed by atoms with Crippen molar-refractivity contribution in [3.8, 4) is 11.4 Å². The maximum absolute atomic E-state index is 13.4. The zero-order valence-corrected chi connectivity index (χ0v) is 16.7. The van der Waals surface area contributed by atoms with Crippen molar-refractivity contribution in [1.29, 1.82) is 0 Å². The molecule has 0 unspecified atom stereocenters. The number of hydrogen-bond donors (Lipinski definition) is 1. The Morgan fingerprint density at radius 3 is 2.59 bits per heavy atom. The summed E-state index contributed by atoms with van der Waals surface area (Å²) in [4.78, 5) is 22.1. The summed E-state index contributed by atoms with van der Waals surface area (Å²) in [6.45, 7) is 3.92. The summed E-state index contributed by atoms with van der Waals surface area (Å²) in [6, 6.07) is 12.3. The number of phenolic OH excluding ortho intramolecular Hbond substituents is 1. The van der Waals surface area contributed by atoms with Crippen molar-refractivity contribution in [1.82, 2.24) is 14.5 Å². The van der Waals surface area contributed by atoms with Gasteiger partial charge in [-0.25, -0.2) is 4.98 Å². The van der Waals surface area contributed by atoms with Gasteiger partial charge in [0.15, 0.2) is 0 Å². The Labute approximate surface area is 172 Å². The molecule has 0 aliphatic carbocycles. The van der Waals surface area contributed by atoms with Crippen LogP contribution in [0.15, 0.2) is 59.7 Å². The first-order valence-electron chi connectivity index (χ1n) is 9.05. The van der Waals surface area contributed by atoms with Crippen molar-refractivity contribution < 1.29 is 5.11 Å². The van der Waals surface area contributed by atoms with Gasteiger partial charge in [0.05, 0.1) is 22.8 Å². The molecule has 0 aliphatic heterocycles. The number of aromatic hydroxyl groups is 1. The maximum Gasteiger partial charge on any atom is 0.266 e. The molecule has 4 rings (SSSR count). The first kappa shape index (κ1) is 18.9. The van der Waals surface area contributed by atoms with E-state index in [-0.39, 0.29) is 11.3 Å². The number of hydrogen-bond acceptors (Lipinski definition) is 4. The van der Waals surface area contributed by atoms with E-state index in [0.717, 1.165) is 16.8 Å². The van der Waals surface area contributed by atoms with Gasteiger partial charge in [0.25, 0.3) is 5.56 Å². The van der Waals surface area contributed by atoms with Crippen LogP contribution in [0.2, 0.25) is 5.02 Å². The van der Waals surface area contributed by atoms with Gasteiger partial charge in [0.2, 0.25) is 0 Å². The van der Waals surface area contributed by atoms with Crippen LogP contribution in [0, 0.1) is 13.8 Å². The summed E-state index contributed by atoms with van der Waals surface area (Å²) < 4.78 is 1.60. The molecule has 4 aromatic rings. The van der Waals surface area contributed by atoms with Gasteiger partial charge >= 0.3 is 0 Å². The standard InChI is InChI=1S/C23H18ClN3O2/c1-14-4-3-5-15(2)22(14)27-21(9-6-16-12-17(24)7-8-20(16)28)26-19-13-25-11-10-18(19)23(27)29/h3-13,28H,1-2H3. The van der Waals surface area contributed by atoms with Crippen LogP contribution in [-0.2, 0) is 0 Å². The third kappa shape index (κ3) is 3.52. The van der Waals surface area contributed by atoms with E-state index in [0.29, 0.717) is 27.3 Å². The molecule has 0 aliphatic rings. The van der Waals surface area contributed by atoms with Gasteiger partial charge in [-0.3, -0.25) is 14.3 Å². The number of halogens is 1. The minimum absolute atomic E-state index is 0.0917. The Hall–Kier alpha value is -3.44. The molecular weight excluding hydrogens is 386 g/mol. The summed E-state index contributed by atoms with van der Waals surface area (Å²) in [7, 11) is 0.